The number of nitrogens with two attached hydrogens (primary N) is 1. The second-order valence-electron chi connectivity index (χ2n) is 3.91. The predicted octanol–water partition coefficient (Wildman–Crippen LogP) is 2.20. The fraction of sp³-hybridized carbons (Fsp3) is 0.455. The summed E-state index contributed by atoms with van der Waals surface area (Å²) < 4.78 is 5.17. The van der Waals surface area contributed by atoms with Gasteiger partial charge < -0.3 is 10.5 Å². The minimum atomic E-state index is -0.281. The second kappa shape index (κ2) is 3.38. The van der Waals surface area contributed by atoms with E-state index in [1.807, 2.05) is 32.9 Å². The van der Waals surface area contributed by atoms with Crippen molar-refractivity contribution in [3.8, 4) is 5.75 Å². The van der Waals surface area contributed by atoms with E-state index in [-0.39, 0.29) is 5.54 Å². The third-order valence-electron chi connectivity index (χ3n) is 2.14. The van der Waals surface area contributed by atoms with Gasteiger partial charge in [-0.15, -0.1) is 0 Å². The summed E-state index contributed by atoms with van der Waals surface area (Å²) in [6, 6.07) is 6.03. The Morgan fingerprint density at radius 3 is 2.31 bits per heavy atom. The van der Waals surface area contributed by atoms with Gasteiger partial charge in [-0.1, -0.05) is 12.1 Å². The molecule has 0 bridgehead atoms. The number of aryl methyl sites for hydroxylation is 1. The Morgan fingerprint density at radius 2 is 1.92 bits per heavy atom. The van der Waals surface area contributed by atoms with Gasteiger partial charge in [0.1, 0.15) is 5.75 Å². The summed E-state index contributed by atoms with van der Waals surface area (Å²) >= 11 is 0. The van der Waals surface area contributed by atoms with Crippen molar-refractivity contribution in [1.82, 2.24) is 0 Å². The lowest BCUT2D eigenvalue weighted by Crippen LogP contribution is -2.28. The van der Waals surface area contributed by atoms with Gasteiger partial charge in [-0.3, -0.25) is 0 Å². The second-order valence-corrected chi connectivity index (χ2v) is 3.91. The predicted molar refractivity (Wildman–Crippen MR) is 54.9 cm³/mol. The number of hydrogen-bond donors (Lipinski definition) is 1. The number of hydrogen-bond acceptors (Lipinski definition) is 2. The molecule has 0 unspecified atom stereocenters. The van der Waals surface area contributed by atoms with Crippen LogP contribution in [0.2, 0.25) is 0 Å². The minimum Gasteiger partial charge on any atom is -0.496 e. The molecule has 0 aromatic heterocycles. The van der Waals surface area contributed by atoms with Crippen LogP contribution in [0.15, 0.2) is 18.2 Å². The van der Waals surface area contributed by atoms with E-state index < -0.39 is 0 Å². The highest BCUT2D eigenvalue weighted by Gasteiger charge is 2.14. The van der Waals surface area contributed by atoms with E-state index in [1.165, 1.54) is 0 Å². The first-order valence-corrected chi connectivity index (χ1v) is 4.39. The molecule has 0 saturated carbocycles. The van der Waals surface area contributed by atoms with Crippen LogP contribution in [0.25, 0.3) is 0 Å². The summed E-state index contributed by atoms with van der Waals surface area (Å²) in [5, 5.41) is 0. The molecule has 0 atom stereocenters. The van der Waals surface area contributed by atoms with Crippen molar-refractivity contribution in [3.63, 3.8) is 0 Å². The molecule has 0 aliphatic rings. The Hall–Kier alpha value is -1.02. The Bertz CT molecular complexity index is 299. The summed E-state index contributed by atoms with van der Waals surface area (Å²) in [7, 11) is 1.68. The molecule has 1 aromatic rings. The van der Waals surface area contributed by atoms with Gasteiger partial charge in [0.05, 0.1) is 7.11 Å². The van der Waals surface area contributed by atoms with Crippen molar-refractivity contribution in [1.29, 1.82) is 0 Å². The van der Waals surface area contributed by atoms with Crippen LogP contribution in [0.5, 0.6) is 5.75 Å². The zero-order valence-electron chi connectivity index (χ0n) is 8.72. The van der Waals surface area contributed by atoms with Crippen molar-refractivity contribution in [2.75, 3.05) is 7.11 Å². The Morgan fingerprint density at radius 1 is 1.31 bits per heavy atom. The van der Waals surface area contributed by atoms with Gasteiger partial charge >= 0.3 is 0 Å². The highest BCUT2D eigenvalue weighted by molar-refractivity contribution is 5.38. The molecule has 2 nitrogen and oxygen atoms in total. The van der Waals surface area contributed by atoms with E-state index in [4.69, 9.17) is 10.5 Å². The molecule has 0 fully saturated rings. The Kier molecular flexibility index (Phi) is 2.62. The Labute approximate surface area is 79.7 Å². The van der Waals surface area contributed by atoms with E-state index in [9.17, 15) is 0 Å². The quantitative estimate of drug-likeness (QED) is 0.755. The number of benzene rings is 1. The topological polar surface area (TPSA) is 35.2 Å². The molecule has 0 saturated heterocycles. The van der Waals surface area contributed by atoms with E-state index in [0.717, 1.165) is 16.9 Å². The average molecular weight is 179 g/mol. The van der Waals surface area contributed by atoms with Crippen molar-refractivity contribution >= 4 is 0 Å². The molecule has 0 spiro atoms. The molecule has 0 amide bonds. The van der Waals surface area contributed by atoms with Crippen LogP contribution >= 0.6 is 0 Å². The smallest absolute Gasteiger partial charge is 0.121 e. The zero-order valence-corrected chi connectivity index (χ0v) is 8.72. The lowest BCUT2D eigenvalue weighted by atomic mass is 9.94. The van der Waals surface area contributed by atoms with Crippen LogP contribution in [0.3, 0.4) is 0 Å². The number of rotatable bonds is 2. The minimum absolute atomic E-state index is 0.281. The molecule has 13 heavy (non-hydrogen) atoms. The summed E-state index contributed by atoms with van der Waals surface area (Å²) in [5.41, 5.74) is 7.95. The van der Waals surface area contributed by atoms with Gasteiger partial charge in [0.2, 0.25) is 0 Å². The van der Waals surface area contributed by atoms with Crippen molar-refractivity contribution in [3.05, 3.63) is 29.3 Å². The first-order chi connectivity index (χ1) is 5.95. The standard InChI is InChI=1S/C11H17NO/c1-8-7-9(11(2,3)12)5-6-10(8)13-4/h5-7H,12H2,1-4H3. The molecular formula is C11H17NO. The lowest BCUT2D eigenvalue weighted by Gasteiger charge is -2.20. The maximum atomic E-state index is 5.98. The molecular weight excluding hydrogens is 162 g/mol. The van der Waals surface area contributed by atoms with Gasteiger partial charge in [0.15, 0.2) is 0 Å². The molecule has 0 radical (unpaired) electrons. The normalized spacial score (nSPS) is 11.5. The molecule has 0 heterocycles. The largest absolute Gasteiger partial charge is 0.496 e. The SMILES string of the molecule is COc1ccc(C(C)(C)N)cc1C. The lowest BCUT2D eigenvalue weighted by molar-refractivity contribution is 0.411. The van der Waals surface area contributed by atoms with E-state index in [0.29, 0.717) is 0 Å². The van der Waals surface area contributed by atoms with Gasteiger partial charge in [-0.2, -0.15) is 0 Å². The first kappa shape index (κ1) is 10.1. The maximum Gasteiger partial charge on any atom is 0.121 e. The van der Waals surface area contributed by atoms with Gasteiger partial charge in [0.25, 0.3) is 0 Å². The molecule has 0 aliphatic heterocycles. The van der Waals surface area contributed by atoms with Gasteiger partial charge in [0, 0.05) is 5.54 Å². The van der Waals surface area contributed by atoms with E-state index in [1.54, 1.807) is 7.11 Å². The van der Waals surface area contributed by atoms with Crippen LogP contribution in [0.4, 0.5) is 0 Å². The molecule has 1 aromatic carbocycles. The maximum absolute atomic E-state index is 5.98. The van der Waals surface area contributed by atoms with E-state index in [2.05, 4.69) is 6.07 Å². The fourth-order valence-electron chi connectivity index (χ4n) is 1.28. The summed E-state index contributed by atoms with van der Waals surface area (Å²) in [4.78, 5) is 0. The van der Waals surface area contributed by atoms with Crippen LogP contribution in [-0.4, -0.2) is 7.11 Å². The summed E-state index contributed by atoms with van der Waals surface area (Å²) in [6.07, 6.45) is 0. The van der Waals surface area contributed by atoms with Crippen molar-refractivity contribution < 1.29 is 4.74 Å². The van der Waals surface area contributed by atoms with Crippen LogP contribution in [0.1, 0.15) is 25.0 Å². The third-order valence-corrected chi connectivity index (χ3v) is 2.14. The van der Waals surface area contributed by atoms with E-state index >= 15 is 0 Å². The first-order valence-electron chi connectivity index (χ1n) is 4.39. The van der Waals surface area contributed by atoms with Gasteiger partial charge in [-0.05, 0) is 38.0 Å². The zero-order chi connectivity index (χ0) is 10.1. The van der Waals surface area contributed by atoms with Crippen molar-refractivity contribution in [2.45, 2.75) is 26.3 Å². The third kappa shape index (κ3) is 2.22. The van der Waals surface area contributed by atoms with Crippen LogP contribution < -0.4 is 10.5 Å². The Balaban J connectivity index is 3.10. The molecule has 0 aliphatic carbocycles. The summed E-state index contributed by atoms with van der Waals surface area (Å²) in [5.74, 6) is 0.910. The fourth-order valence-corrected chi connectivity index (χ4v) is 1.28. The highest BCUT2D eigenvalue weighted by atomic mass is 16.5. The van der Waals surface area contributed by atoms with Crippen molar-refractivity contribution in [2.24, 2.45) is 5.73 Å². The molecule has 1 rings (SSSR count). The number of ether oxygens (including phenoxy) is 1. The average Bonchev–Trinajstić information content (AvgIpc) is 2.02. The van der Waals surface area contributed by atoms with Crippen LogP contribution in [0, 0.1) is 6.92 Å². The monoisotopic (exact) mass is 179 g/mol. The molecule has 2 N–H and O–H groups in total. The molecule has 2 heteroatoms. The highest BCUT2D eigenvalue weighted by Crippen LogP contribution is 2.24. The van der Waals surface area contributed by atoms with Gasteiger partial charge in [-0.25, -0.2) is 0 Å². The van der Waals surface area contributed by atoms with Crippen LogP contribution in [-0.2, 0) is 5.54 Å². The summed E-state index contributed by atoms with van der Waals surface area (Å²) in [6.45, 7) is 6.01. The molecule has 72 valence electrons. The number of methoxy groups -OCH3 is 1.